The third-order valence-electron chi connectivity index (χ3n) is 4.11. The van der Waals surface area contributed by atoms with Crippen LogP contribution < -0.4 is 11.1 Å². The lowest BCUT2D eigenvalue weighted by Crippen LogP contribution is -2.55. The zero-order valence-corrected chi connectivity index (χ0v) is 13.5. The molecule has 0 spiro atoms. The Morgan fingerprint density at radius 3 is 2.60 bits per heavy atom. The fourth-order valence-electron chi connectivity index (χ4n) is 2.41. The van der Waals surface area contributed by atoms with Crippen molar-refractivity contribution in [1.82, 2.24) is 10.2 Å². The van der Waals surface area contributed by atoms with E-state index >= 15 is 0 Å². The molecule has 1 aliphatic heterocycles. The minimum absolute atomic E-state index is 0.0586. The summed E-state index contributed by atoms with van der Waals surface area (Å²) in [5.74, 6) is 0.126. The Labute approximate surface area is 122 Å². The number of hydrogen-bond acceptors (Lipinski definition) is 5. The molecule has 0 aromatic rings. The van der Waals surface area contributed by atoms with Gasteiger partial charge in [0, 0.05) is 12.6 Å². The molecular weight excluding hydrogens is 278 g/mol. The summed E-state index contributed by atoms with van der Waals surface area (Å²) in [4.78, 5) is 13.6. The highest BCUT2D eigenvalue weighted by atomic mass is 32.2. The first kappa shape index (κ1) is 17.4. The molecule has 1 heterocycles. The van der Waals surface area contributed by atoms with Crippen molar-refractivity contribution in [2.24, 2.45) is 5.73 Å². The SMILES string of the molecule is CCCNC(C)(CCN(C)C1CCS(=O)(=O)C1)C(N)=O. The van der Waals surface area contributed by atoms with Gasteiger partial charge in [0.15, 0.2) is 9.84 Å². The molecule has 0 radical (unpaired) electrons. The van der Waals surface area contributed by atoms with E-state index < -0.39 is 15.4 Å². The number of primary amides is 1. The maximum absolute atomic E-state index is 11.6. The van der Waals surface area contributed by atoms with Gasteiger partial charge in [0.2, 0.25) is 5.91 Å². The lowest BCUT2D eigenvalue weighted by atomic mass is 9.96. The Kier molecular flexibility index (Phi) is 5.97. The molecule has 1 aliphatic rings. The second kappa shape index (κ2) is 6.87. The summed E-state index contributed by atoms with van der Waals surface area (Å²) in [5.41, 5.74) is 4.74. The second-order valence-corrected chi connectivity index (χ2v) is 8.14. The fraction of sp³-hybridized carbons (Fsp3) is 0.923. The molecule has 0 aromatic heterocycles. The van der Waals surface area contributed by atoms with Gasteiger partial charge >= 0.3 is 0 Å². The topological polar surface area (TPSA) is 92.5 Å². The highest BCUT2D eigenvalue weighted by Crippen LogP contribution is 2.18. The smallest absolute Gasteiger partial charge is 0.237 e. The van der Waals surface area contributed by atoms with Crippen LogP contribution in [0, 0.1) is 0 Å². The van der Waals surface area contributed by atoms with E-state index in [0.717, 1.165) is 13.0 Å². The molecule has 6 nitrogen and oxygen atoms in total. The van der Waals surface area contributed by atoms with Gasteiger partial charge in [0.05, 0.1) is 17.0 Å². The van der Waals surface area contributed by atoms with Crippen molar-refractivity contribution in [2.45, 2.75) is 44.7 Å². The number of sulfone groups is 1. The standard InChI is InChI=1S/C13H27N3O3S/c1-4-7-15-13(2,12(14)17)6-8-16(3)11-5-9-20(18,19)10-11/h11,15H,4-10H2,1-3H3,(H2,14,17). The monoisotopic (exact) mass is 305 g/mol. The van der Waals surface area contributed by atoms with E-state index in [1.165, 1.54) is 0 Å². The van der Waals surface area contributed by atoms with Crippen LogP contribution in [0.5, 0.6) is 0 Å². The van der Waals surface area contributed by atoms with Gasteiger partial charge < -0.3 is 16.0 Å². The van der Waals surface area contributed by atoms with Gasteiger partial charge in [0.1, 0.15) is 0 Å². The largest absolute Gasteiger partial charge is 0.368 e. The predicted molar refractivity (Wildman–Crippen MR) is 80.2 cm³/mol. The molecule has 1 amide bonds. The summed E-state index contributed by atoms with van der Waals surface area (Å²) in [7, 11) is -0.964. The third-order valence-corrected chi connectivity index (χ3v) is 5.86. The van der Waals surface area contributed by atoms with Gasteiger partial charge in [0.25, 0.3) is 0 Å². The zero-order chi connectivity index (χ0) is 15.4. The molecule has 118 valence electrons. The molecule has 20 heavy (non-hydrogen) atoms. The van der Waals surface area contributed by atoms with Crippen LogP contribution in [0.15, 0.2) is 0 Å². The van der Waals surface area contributed by atoms with E-state index in [1.54, 1.807) is 0 Å². The van der Waals surface area contributed by atoms with E-state index in [0.29, 0.717) is 19.4 Å². The lowest BCUT2D eigenvalue weighted by Gasteiger charge is -2.31. The van der Waals surface area contributed by atoms with E-state index in [9.17, 15) is 13.2 Å². The molecule has 0 saturated carbocycles. The average molecular weight is 305 g/mol. The molecular formula is C13H27N3O3S. The van der Waals surface area contributed by atoms with E-state index in [1.807, 2.05) is 25.8 Å². The van der Waals surface area contributed by atoms with Crippen LogP contribution in [0.1, 0.15) is 33.1 Å². The number of carbonyl (C=O) groups excluding carboxylic acids is 1. The van der Waals surface area contributed by atoms with Gasteiger partial charge in [-0.3, -0.25) is 4.79 Å². The molecule has 0 bridgehead atoms. The second-order valence-electron chi connectivity index (χ2n) is 5.91. The van der Waals surface area contributed by atoms with Crippen molar-refractivity contribution in [3.63, 3.8) is 0 Å². The summed E-state index contributed by atoms with van der Waals surface area (Å²) in [5, 5.41) is 3.19. The number of hydrogen-bond donors (Lipinski definition) is 2. The van der Waals surface area contributed by atoms with Crippen molar-refractivity contribution in [3.8, 4) is 0 Å². The van der Waals surface area contributed by atoms with E-state index in [4.69, 9.17) is 5.73 Å². The summed E-state index contributed by atoms with van der Waals surface area (Å²) < 4.78 is 23.0. The minimum atomic E-state index is -2.87. The van der Waals surface area contributed by atoms with Crippen LogP contribution in [-0.4, -0.2) is 62.4 Å². The molecule has 7 heteroatoms. The minimum Gasteiger partial charge on any atom is -0.368 e. The van der Waals surface area contributed by atoms with Crippen molar-refractivity contribution in [3.05, 3.63) is 0 Å². The van der Waals surface area contributed by atoms with Gasteiger partial charge in [-0.2, -0.15) is 0 Å². The van der Waals surface area contributed by atoms with Crippen molar-refractivity contribution < 1.29 is 13.2 Å². The maximum Gasteiger partial charge on any atom is 0.237 e. The van der Waals surface area contributed by atoms with Gasteiger partial charge in [-0.05, 0) is 39.8 Å². The van der Waals surface area contributed by atoms with Crippen molar-refractivity contribution in [1.29, 1.82) is 0 Å². The van der Waals surface area contributed by atoms with Crippen LogP contribution in [0.25, 0.3) is 0 Å². The number of nitrogens with two attached hydrogens (primary N) is 1. The van der Waals surface area contributed by atoms with Crippen LogP contribution >= 0.6 is 0 Å². The summed E-state index contributed by atoms with van der Waals surface area (Å²) in [6.07, 6.45) is 2.18. The molecule has 3 N–H and O–H groups in total. The third kappa shape index (κ3) is 4.71. The summed E-state index contributed by atoms with van der Waals surface area (Å²) in [6, 6.07) is 0.0586. The average Bonchev–Trinajstić information content (AvgIpc) is 2.73. The molecule has 2 unspecified atom stereocenters. The van der Waals surface area contributed by atoms with Crippen LogP contribution in [-0.2, 0) is 14.6 Å². The van der Waals surface area contributed by atoms with E-state index in [2.05, 4.69) is 5.32 Å². The van der Waals surface area contributed by atoms with Crippen molar-refractivity contribution in [2.75, 3.05) is 31.6 Å². The predicted octanol–water partition coefficient (Wildman–Crippen LogP) is -0.261. The Hall–Kier alpha value is -0.660. The Morgan fingerprint density at radius 1 is 1.50 bits per heavy atom. The molecule has 1 saturated heterocycles. The van der Waals surface area contributed by atoms with Gasteiger partial charge in [-0.25, -0.2) is 8.42 Å². The quantitative estimate of drug-likeness (QED) is 0.644. The number of rotatable bonds is 8. The van der Waals surface area contributed by atoms with Crippen LogP contribution in [0.2, 0.25) is 0 Å². The maximum atomic E-state index is 11.6. The number of nitrogens with zero attached hydrogens (tertiary/aromatic N) is 1. The summed E-state index contributed by atoms with van der Waals surface area (Å²) >= 11 is 0. The highest BCUT2D eigenvalue weighted by molar-refractivity contribution is 7.91. The summed E-state index contributed by atoms with van der Waals surface area (Å²) in [6.45, 7) is 5.23. The van der Waals surface area contributed by atoms with Gasteiger partial charge in [-0.15, -0.1) is 0 Å². The van der Waals surface area contributed by atoms with Crippen LogP contribution in [0.4, 0.5) is 0 Å². The number of carbonyl (C=O) groups is 1. The molecule has 0 aromatic carbocycles. The Morgan fingerprint density at radius 2 is 2.15 bits per heavy atom. The molecule has 1 rings (SSSR count). The molecule has 0 aliphatic carbocycles. The first-order valence-corrected chi connectivity index (χ1v) is 8.98. The Balaban J connectivity index is 2.53. The Bertz CT molecular complexity index is 438. The first-order valence-electron chi connectivity index (χ1n) is 7.16. The lowest BCUT2D eigenvalue weighted by molar-refractivity contribution is -0.124. The van der Waals surface area contributed by atoms with E-state index in [-0.39, 0.29) is 23.5 Å². The highest BCUT2D eigenvalue weighted by Gasteiger charge is 2.34. The van der Waals surface area contributed by atoms with Crippen molar-refractivity contribution >= 4 is 15.7 Å². The fourth-order valence-corrected chi connectivity index (χ4v) is 4.21. The van der Waals surface area contributed by atoms with Gasteiger partial charge in [-0.1, -0.05) is 6.92 Å². The van der Waals surface area contributed by atoms with Crippen LogP contribution in [0.3, 0.4) is 0 Å². The number of nitrogens with one attached hydrogen (secondary N) is 1. The first-order chi connectivity index (χ1) is 9.20. The molecule has 2 atom stereocenters. The zero-order valence-electron chi connectivity index (χ0n) is 12.7. The number of amides is 1. The normalized spacial score (nSPS) is 24.7. The molecule has 1 fully saturated rings.